The summed E-state index contributed by atoms with van der Waals surface area (Å²) in [4.78, 5) is 13.4. The zero-order valence-electron chi connectivity index (χ0n) is 10.4. The van der Waals surface area contributed by atoms with E-state index in [2.05, 4.69) is 12.2 Å². The quantitative estimate of drug-likeness (QED) is 0.779. The van der Waals surface area contributed by atoms with Crippen LogP contribution in [0.3, 0.4) is 0 Å². The first-order valence-electron chi connectivity index (χ1n) is 5.86. The molecule has 0 radical (unpaired) electrons. The van der Waals surface area contributed by atoms with Crippen LogP contribution in [0.1, 0.15) is 18.9 Å². The van der Waals surface area contributed by atoms with Crippen molar-refractivity contribution in [2.24, 2.45) is 0 Å². The highest BCUT2D eigenvalue weighted by Gasteiger charge is 2.09. The molecule has 0 unspecified atom stereocenters. The van der Waals surface area contributed by atoms with E-state index in [1.54, 1.807) is 7.05 Å². The number of carbonyl (C=O) groups is 1. The molecule has 0 fully saturated rings. The van der Waals surface area contributed by atoms with Gasteiger partial charge in [0.25, 0.3) is 0 Å². The van der Waals surface area contributed by atoms with E-state index in [1.807, 2.05) is 29.2 Å². The highest BCUT2D eigenvalue weighted by molar-refractivity contribution is 5.81. The summed E-state index contributed by atoms with van der Waals surface area (Å²) < 4.78 is 0. The second-order valence-electron chi connectivity index (χ2n) is 3.92. The van der Waals surface area contributed by atoms with E-state index in [0.29, 0.717) is 6.54 Å². The van der Waals surface area contributed by atoms with Gasteiger partial charge in [0.15, 0.2) is 0 Å². The molecular formula is C13H20N2O2. The summed E-state index contributed by atoms with van der Waals surface area (Å²) in [7, 11) is 1.64. The minimum atomic E-state index is 0.00434. The van der Waals surface area contributed by atoms with Gasteiger partial charge in [-0.1, -0.05) is 19.1 Å². The molecule has 0 aromatic heterocycles. The molecule has 0 aliphatic heterocycles. The number of hydrogen-bond acceptors (Lipinski definition) is 3. The molecule has 94 valence electrons. The molecule has 0 saturated heterocycles. The molecule has 1 rings (SSSR count). The number of aliphatic hydroxyl groups excluding tert-OH is 1. The smallest absolute Gasteiger partial charge is 0.239 e. The fourth-order valence-corrected chi connectivity index (χ4v) is 1.63. The third kappa shape index (κ3) is 4.07. The molecule has 0 saturated carbocycles. The van der Waals surface area contributed by atoms with Crippen molar-refractivity contribution in [2.45, 2.75) is 20.0 Å². The second kappa shape index (κ2) is 6.91. The third-order valence-corrected chi connectivity index (χ3v) is 2.59. The van der Waals surface area contributed by atoms with Gasteiger partial charge in [-0.15, -0.1) is 0 Å². The number of likely N-dealkylation sites (N-methyl/N-ethyl adjacent to an activating group) is 1. The lowest BCUT2D eigenvalue weighted by Gasteiger charge is -2.23. The maximum absolute atomic E-state index is 11.4. The van der Waals surface area contributed by atoms with Crippen molar-refractivity contribution in [2.75, 3.05) is 25.0 Å². The Bertz CT molecular complexity index is 349. The van der Waals surface area contributed by atoms with Crippen LogP contribution in [0.4, 0.5) is 5.69 Å². The minimum absolute atomic E-state index is 0.00434. The van der Waals surface area contributed by atoms with Gasteiger partial charge in [-0.25, -0.2) is 0 Å². The van der Waals surface area contributed by atoms with E-state index >= 15 is 0 Å². The molecule has 0 aliphatic rings. The van der Waals surface area contributed by atoms with Crippen LogP contribution in [0, 0.1) is 0 Å². The van der Waals surface area contributed by atoms with Crippen molar-refractivity contribution in [1.82, 2.24) is 5.32 Å². The average molecular weight is 236 g/mol. The predicted molar refractivity (Wildman–Crippen MR) is 68.9 cm³/mol. The number of nitrogens with zero attached hydrogens (tertiary/aromatic N) is 1. The summed E-state index contributed by atoms with van der Waals surface area (Å²) in [5, 5.41) is 11.6. The summed E-state index contributed by atoms with van der Waals surface area (Å²) >= 11 is 0. The van der Waals surface area contributed by atoms with E-state index in [-0.39, 0.29) is 12.5 Å². The number of carbonyl (C=O) groups excluding carboxylic acids is 1. The first kappa shape index (κ1) is 13.5. The van der Waals surface area contributed by atoms with Crippen LogP contribution in [-0.2, 0) is 11.4 Å². The van der Waals surface area contributed by atoms with Crippen molar-refractivity contribution in [1.29, 1.82) is 0 Å². The lowest BCUT2D eigenvalue weighted by atomic mass is 10.2. The first-order chi connectivity index (χ1) is 8.21. The Morgan fingerprint density at radius 1 is 1.35 bits per heavy atom. The molecule has 0 spiro atoms. The molecule has 1 amide bonds. The van der Waals surface area contributed by atoms with E-state index in [0.717, 1.165) is 24.2 Å². The summed E-state index contributed by atoms with van der Waals surface area (Å²) in [6.07, 6.45) is 0.985. The van der Waals surface area contributed by atoms with E-state index in [1.165, 1.54) is 0 Å². The van der Waals surface area contributed by atoms with Gasteiger partial charge in [-0.3, -0.25) is 4.79 Å². The minimum Gasteiger partial charge on any atom is -0.392 e. The molecule has 0 bridgehead atoms. The average Bonchev–Trinajstić information content (AvgIpc) is 2.38. The summed E-state index contributed by atoms with van der Waals surface area (Å²) in [6.45, 7) is 3.33. The number of nitrogens with one attached hydrogen (secondary N) is 1. The van der Waals surface area contributed by atoms with Crippen molar-refractivity contribution in [3.8, 4) is 0 Å². The molecule has 0 atom stereocenters. The molecular weight excluding hydrogens is 216 g/mol. The fraction of sp³-hybridized carbons (Fsp3) is 0.462. The van der Waals surface area contributed by atoms with Gasteiger partial charge in [0.05, 0.1) is 13.2 Å². The monoisotopic (exact) mass is 236 g/mol. The van der Waals surface area contributed by atoms with Crippen LogP contribution in [0.2, 0.25) is 0 Å². The Labute approximate surface area is 102 Å². The van der Waals surface area contributed by atoms with Gasteiger partial charge in [0.2, 0.25) is 5.91 Å². The molecule has 0 heterocycles. The number of aliphatic hydroxyl groups is 1. The van der Waals surface area contributed by atoms with Crippen molar-refractivity contribution in [3.63, 3.8) is 0 Å². The van der Waals surface area contributed by atoms with Crippen LogP contribution in [0.5, 0.6) is 0 Å². The normalized spacial score (nSPS) is 10.1. The summed E-state index contributed by atoms with van der Waals surface area (Å²) in [6, 6.07) is 7.62. The molecule has 1 aromatic rings. The second-order valence-corrected chi connectivity index (χ2v) is 3.92. The zero-order chi connectivity index (χ0) is 12.7. The van der Waals surface area contributed by atoms with Crippen LogP contribution >= 0.6 is 0 Å². The Balaban J connectivity index is 2.77. The SMILES string of the molecule is CCCN(CC(=O)NC)c1ccc(CO)cc1. The van der Waals surface area contributed by atoms with E-state index in [4.69, 9.17) is 5.11 Å². The van der Waals surface area contributed by atoms with Gasteiger partial charge < -0.3 is 15.3 Å². The van der Waals surface area contributed by atoms with Gasteiger partial charge in [0, 0.05) is 19.3 Å². The third-order valence-electron chi connectivity index (χ3n) is 2.59. The lowest BCUT2D eigenvalue weighted by Crippen LogP contribution is -2.36. The first-order valence-corrected chi connectivity index (χ1v) is 5.86. The van der Waals surface area contributed by atoms with Gasteiger partial charge in [-0.05, 0) is 24.1 Å². The maximum atomic E-state index is 11.4. The van der Waals surface area contributed by atoms with Crippen LogP contribution < -0.4 is 10.2 Å². The zero-order valence-corrected chi connectivity index (χ0v) is 10.4. The standard InChI is InChI=1S/C13H20N2O2/c1-3-8-15(9-13(17)14-2)12-6-4-11(10-16)5-7-12/h4-7,16H,3,8-10H2,1-2H3,(H,14,17). The van der Waals surface area contributed by atoms with Gasteiger partial charge >= 0.3 is 0 Å². The number of anilines is 1. The van der Waals surface area contributed by atoms with Gasteiger partial charge in [-0.2, -0.15) is 0 Å². The Morgan fingerprint density at radius 2 is 2.00 bits per heavy atom. The number of amides is 1. The molecule has 1 aromatic carbocycles. The lowest BCUT2D eigenvalue weighted by molar-refractivity contribution is -0.119. The fourth-order valence-electron chi connectivity index (χ4n) is 1.63. The predicted octanol–water partition coefficient (Wildman–Crippen LogP) is 1.14. The Hall–Kier alpha value is -1.55. The van der Waals surface area contributed by atoms with Crippen LogP contribution in [0.25, 0.3) is 0 Å². The van der Waals surface area contributed by atoms with Crippen molar-refractivity contribution in [3.05, 3.63) is 29.8 Å². The molecule has 17 heavy (non-hydrogen) atoms. The van der Waals surface area contributed by atoms with Crippen molar-refractivity contribution < 1.29 is 9.90 Å². The summed E-state index contributed by atoms with van der Waals surface area (Å²) in [5.74, 6) is 0.00434. The number of benzene rings is 1. The van der Waals surface area contributed by atoms with E-state index in [9.17, 15) is 4.79 Å². The largest absolute Gasteiger partial charge is 0.392 e. The van der Waals surface area contributed by atoms with Gasteiger partial charge in [0.1, 0.15) is 0 Å². The number of rotatable bonds is 6. The topological polar surface area (TPSA) is 52.6 Å². The van der Waals surface area contributed by atoms with Crippen molar-refractivity contribution >= 4 is 11.6 Å². The highest BCUT2D eigenvalue weighted by atomic mass is 16.3. The molecule has 4 heteroatoms. The Kier molecular flexibility index (Phi) is 5.49. The number of hydrogen-bond donors (Lipinski definition) is 2. The summed E-state index contributed by atoms with van der Waals surface area (Å²) in [5.41, 5.74) is 1.89. The van der Waals surface area contributed by atoms with E-state index < -0.39 is 0 Å². The molecule has 2 N–H and O–H groups in total. The maximum Gasteiger partial charge on any atom is 0.239 e. The molecule has 0 aliphatic carbocycles. The molecule has 4 nitrogen and oxygen atoms in total. The van der Waals surface area contributed by atoms with Crippen LogP contribution in [-0.4, -0.2) is 31.2 Å². The van der Waals surface area contributed by atoms with Crippen LogP contribution in [0.15, 0.2) is 24.3 Å². The highest BCUT2D eigenvalue weighted by Crippen LogP contribution is 2.15. The Morgan fingerprint density at radius 3 is 2.47 bits per heavy atom.